The minimum absolute atomic E-state index is 0. The molecule has 1 aliphatic heterocycles. The van der Waals surface area contributed by atoms with E-state index in [0.29, 0.717) is 18.3 Å². The van der Waals surface area contributed by atoms with Crippen molar-refractivity contribution >= 4 is 46.4 Å². The number of anilines is 1. The van der Waals surface area contributed by atoms with Crippen LogP contribution in [0.15, 0.2) is 40.8 Å². The van der Waals surface area contributed by atoms with Crippen molar-refractivity contribution in [1.82, 2.24) is 9.88 Å². The van der Waals surface area contributed by atoms with Crippen LogP contribution in [0.1, 0.15) is 6.92 Å². The highest BCUT2D eigenvalue weighted by atomic mass is 127. The smallest absolute Gasteiger partial charge is 0.191 e. The molecule has 142 valence electrons. The van der Waals surface area contributed by atoms with Gasteiger partial charge in [-0.2, -0.15) is 0 Å². The molecule has 1 atom stereocenters. The van der Waals surface area contributed by atoms with Gasteiger partial charge in [0, 0.05) is 37.8 Å². The average molecular weight is 491 g/mol. The lowest BCUT2D eigenvalue weighted by atomic mass is 10.3. The first kappa shape index (κ1) is 20.7. The van der Waals surface area contributed by atoms with Crippen LogP contribution in [0.4, 0.5) is 9.52 Å². The average Bonchev–Trinajstić information content (AvgIpc) is 3.16. The summed E-state index contributed by atoms with van der Waals surface area (Å²) in [6.07, 6.45) is 1.69. The van der Waals surface area contributed by atoms with Crippen molar-refractivity contribution in [3.63, 3.8) is 0 Å². The number of hydrogen-bond acceptors (Lipinski definition) is 5. The van der Waals surface area contributed by atoms with E-state index in [9.17, 15) is 4.39 Å². The fourth-order valence-corrected chi connectivity index (χ4v) is 3.30. The van der Waals surface area contributed by atoms with E-state index in [0.717, 1.165) is 31.3 Å². The molecular weight excluding hydrogens is 468 g/mol. The first-order valence-electron chi connectivity index (χ1n) is 8.23. The normalized spacial score (nSPS) is 16.2. The van der Waals surface area contributed by atoms with E-state index in [1.54, 1.807) is 23.5 Å². The van der Waals surface area contributed by atoms with Crippen molar-refractivity contribution in [2.24, 2.45) is 10.7 Å². The van der Waals surface area contributed by atoms with E-state index in [1.165, 1.54) is 12.1 Å². The van der Waals surface area contributed by atoms with Crippen LogP contribution in [0.5, 0.6) is 5.75 Å². The van der Waals surface area contributed by atoms with Gasteiger partial charge >= 0.3 is 0 Å². The summed E-state index contributed by atoms with van der Waals surface area (Å²) in [5.41, 5.74) is 6.11. The van der Waals surface area contributed by atoms with Crippen LogP contribution in [-0.2, 0) is 0 Å². The summed E-state index contributed by atoms with van der Waals surface area (Å²) in [7, 11) is 0. The molecular formula is C17H23FIN5OS. The first-order valence-corrected chi connectivity index (χ1v) is 9.11. The molecule has 0 amide bonds. The number of thiazole rings is 1. The van der Waals surface area contributed by atoms with E-state index in [1.807, 2.05) is 18.5 Å². The minimum atomic E-state index is -0.279. The van der Waals surface area contributed by atoms with Gasteiger partial charge in [-0.15, -0.1) is 35.3 Å². The molecule has 1 unspecified atom stereocenters. The molecule has 0 saturated carbocycles. The van der Waals surface area contributed by atoms with E-state index in [4.69, 9.17) is 10.5 Å². The van der Waals surface area contributed by atoms with Gasteiger partial charge in [0.2, 0.25) is 0 Å². The van der Waals surface area contributed by atoms with E-state index >= 15 is 0 Å². The van der Waals surface area contributed by atoms with Gasteiger partial charge in [0.05, 0.1) is 6.54 Å². The SMILES string of the molecule is CC(CN=C(N)N1CCN(c2nccs2)CC1)Oc1ccc(F)cc1.I. The highest BCUT2D eigenvalue weighted by Crippen LogP contribution is 2.18. The predicted molar refractivity (Wildman–Crippen MR) is 114 cm³/mol. The molecule has 1 aliphatic rings. The molecule has 1 fully saturated rings. The maximum atomic E-state index is 12.9. The highest BCUT2D eigenvalue weighted by Gasteiger charge is 2.19. The lowest BCUT2D eigenvalue weighted by molar-refractivity contribution is 0.229. The van der Waals surface area contributed by atoms with Gasteiger partial charge in [0.1, 0.15) is 17.7 Å². The van der Waals surface area contributed by atoms with Crippen molar-refractivity contribution in [1.29, 1.82) is 0 Å². The van der Waals surface area contributed by atoms with Gasteiger partial charge in [0.15, 0.2) is 11.1 Å². The molecule has 2 aromatic rings. The number of aliphatic imine (C=N–C) groups is 1. The monoisotopic (exact) mass is 491 g/mol. The van der Waals surface area contributed by atoms with Crippen LogP contribution in [-0.4, -0.2) is 54.7 Å². The lowest BCUT2D eigenvalue weighted by Gasteiger charge is -2.35. The summed E-state index contributed by atoms with van der Waals surface area (Å²) in [6.45, 7) is 5.78. The van der Waals surface area contributed by atoms with Crippen molar-refractivity contribution in [3.8, 4) is 5.75 Å². The Balaban J connectivity index is 0.00000243. The maximum Gasteiger partial charge on any atom is 0.191 e. The van der Waals surface area contributed by atoms with Crippen LogP contribution in [0.3, 0.4) is 0 Å². The van der Waals surface area contributed by atoms with Crippen LogP contribution in [0.25, 0.3) is 0 Å². The molecule has 1 aromatic heterocycles. The van der Waals surface area contributed by atoms with Crippen molar-refractivity contribution in [3.05, 3.63) is 41.7 Å². The molecule has 0 bridgehead atoms. The molecule has 1 saturated heterocycles. The van der Waals surface area contributed by atoms with Crippen molar-refractivity contribution in [2.75, 3.05) is 37.6 Å². The van der Waals surface area contributed by atoms with E-state index in [-0.39, 0.29) is 35.9 Å². The molecule has 6 nitrogen and oxygen atoms in total. The summed E-state index contributed by atoms with van der Waals surface area (Å²) in [5, 5.41) is 3.04. The Hall–Kier alpha value is -1.62. The summed E-state index contributed by atoms with van der Waals surface area (Å²) < 4.78 is 18.6. The van der Waals surface area contributed by atoms with Crippen LogP contribution < -0.4 is 15.4 Å². The van der Waals surface area contributed by atoms with Crippen LogP contribution in [0, 0.1) is 5.82 Å². The zero-order valence-corrected chi connectivity index (χ0v) is 17.7. The Bertz CT molecular complexity index is 690. The Labute approximate surface area is 173 Å². The molecule has 0 radical (unpaired) electrons. The quantitative estimate of drug-likeness (QED) is 0.396. The maximum absolute atomic E-state index is 12.9. The minimum Gasteiger partial charge on any atom is -0.489 e. The topological polar surface area (TPSA) is 67.0 Å². The molecule has 1 aromatic carbocycles. The number of halogens is 2. The second-order valence-corrected chi connectivity index (χ2v) is 6.74. The third-order valence-electron chi connectivity index (χ3n) is 3.95. The third-order valence-corrected chi connectivity index (χ3v) is 4.79. The molecule has 0 spiro atoms. The molecule has 0 aliphatic carbocycles. The second-order valence-electron chi connectivity index (χ2n) is 5.87. The number of nitrogens with zero attached hydrogens (tertiary/aromatic N) is 4. The number of guanidine groups is 1. The third kappa shape index (κ3) is 5.70. The standard InChI is InChI=1S/C17H22FN5OS.HI/c1-13(24-15-4-2-14(18)3-5-15)12-21-16(19)22-7-9-23(10-8-22)17-20-6-11-25-17;/h2-6,11,13H,7-10,12H2,1H3,(H2,19,21);1H. The number of rotatable bonds is 5. The number of nitrogens with two attached hydrogens (primary N) is 1. The molecule has 3 rings (SSSR count). The summed E-state index contributed by atoms with van der Waals surface area (Å²) in [5.74, 6) is 0.882. The van der Waals surface area contributed by atoms with Crippen LogP contribution in [0.2, 0.25) is 0 Å². The van der Waals surface area contributed by atoms with Gasteiger partial charge < -0.3 is 20.3 Å². The molecule has 9 heteroatoms. The summed E-state index contributed by atoms with van der Waals surface area (Å²) in [6, 6.07) is 5.97. The summed E-state index contributed by atoms with van der Waals surface area (Å²) in [4.78, 5) is 13.1. The number of benzene rings is 1. The number of hydrogen-bond donors (Lipinski definition) is 1. The van der Waals surface area contributed by atoms with Crippen molar-refractivity contribution in [2.45, 2.75) is 13.0 Å². The number of aromatic nitrogens is 1. The predicted octanol–water partition coefficient (Wildman–Crippen LogP) is 2.80. The molecule has 26 heavy (non-hydrogen) atoms. The van der Waals surface area contributed by atoms with Gasteiger partial charge in [0.25, 0.3) is 0 Å². The van der Waals surface area contributed by atoms with E-state index < -0.39 is 0 Å². The van der Waals surface area contributed by atoms with Gasteiger partial charge in [-0.1, -0.05) is 0 Å². The van der Waals surface area contributed by atoms with Crippen molar-refractivity contribution < 1.29 is 9.13 Å². The zero-order chi connectivity index (χ0) is 17.6. The largest absolute Gasteiger partial charge is 0.489 e. The summed E-state index contributed by atoms with van der Waals surface area (Å²) >= 11 is 1.65. The Kier molecular flexibility index (Phi) is 7.88. The van der Waals surface area contributed by atoms with E-state index in [2.05, 4.69) is 19.8 Å². The van der Waals surface area contributed by atoms with Crippen LogP contribution >= 0.6 is 35.3 Å². The molecule has 2 heterocycles. The number of piperazine rings is 1. The van der Waals surface area contributed by atoms with Gasteiger partial charge in [-0.05, 0) is 31.2 Å². The number of ether oxygens (including phenoxy) is 1. The molecule has 2 N–H and O–H groups in total. The fraction of sp³-hybridized carbons (Fsp3) is 0.412. The fourth-order valence-electron chi connectivity index (χ4n) is 2.60. The zero-order valence-electron chi connectivity index (χ0n) is 14.5. The van der Waals surface area contributed by atoms with Gasteiger partial charge in [-0.3, -0.25) is 0 Å². The Morgan fingerprint density at radius 3 is 2.62 bits per heavy atom. The lowest BCUT2D eigenvalue weighted by Crippen LogP contribution is -2.51. The van der Waals surface area contributed by atoms with Gasteiger partial charge in [-0.25, -0.2) is 14.4 Å². The highest BCUT2D eigenvalue weighted by molar-refractivity contribution is 14.0. The Morgan fingerprint density at radius 2 is 2.00 bits per heavy atom. The Morgan fingerprint density at radius 1 is 1.31 bits per heavy atom. The second kappa shape index (κ2) is 9.91. The first-order chi connectivity index (χ1) is 12.1.